The average molecular weight is 290 g/mol. The van der Waals surface area contributed by atoms with E-state index in [2.05, 4.69) is 0 Å². The van der Waals surface area contributed by atoms with Crippen molar-refractivity contribution >= 4 is 5.91 Å². The Morgan fingerprint density at radius 1 is 1.43 bits per heavy atom. The zero-order valence-corrected chi connectivity index (χ0v) is 12.5. The predicted octanol–water partition coefficient (Wildman–Crippen LogP) is 1.19. The summed E-state index contributed by atoms with van der Waals surface area (Å²) in [5.41, 5.74) is 0.966. The van der Waals surface area contributed by atoms with Crippen molar-refractivity contribution in [2.45, 2.75) is 32.7 Å². The van der Waals surface area contributed by atoms with Crippen LogP contribution in [0.5, 0.6) is 0 Å². The van der Waals surface area contributed by atoms with Crippen molar-refractivity contribution in [2.24, 2.45) is 5.41 Å². The molecule has 2 saturated heterocycles. The van der Waals surface area contributed by atoms with Crippen LogP contribution in [-0.4, -0.2) is 41.7 Å². The Labute approximate surface area is 124 Å². The van der Waals surface area contributed by atoms with E-state index in [0.29, 0.717) is 0 Å². The lowest BCUT2D eigenvalue weighted by Gasteiger charge is -2.33. The molecule has 0 aliphatic carbocycles. The van der Waals surface area contributed by atoms with Crippen molar-refractivity contribution in [1.29, 1.82) is 0 Å². The fourth-order valence-electron chi connectivity index (χ4n) is 3.36. The first-order chi connectivity index (χ1) is 10.1. The molecule has 3 rings (SSSR count). The molecule has 1 spiro atoms. The lowest BCUT2D eigenvalue weighted by atomic mass is 9.82. The number of carbonyl (C=O) groups excluding carboxylic acids is 1. The van der Waals surface area contributed by atoms with Gasteiger partial charge in [0.2, 0.25) is 5.91 Å². The third-order valence-corrected chi connectivity index (χ3v) is 4.65. The number of ether oxygens (including phenoxy) is 1. The number of aryl methyl sites for hydroxylation is 1. The Morgan fingerprint density at radius 3 is 3.00 bits per heavy atom. The third kappa shape index (κ3) is 3.02. The summed E-state index contributed by atoms with van der Waals surface area (Å²) in [6.45, 7) is 5.17. The zero-order chi connectivity index (χ0) is 14.9. The molecule has 3 heterocycles. The summed E-state index contributed by atoms with van der Waals surface area (Å²) in [7, 11) is 0. The zero-order valence-electron chi connectivity index (χ0n) is 12.5. The highest BCUT2D eigenvalue weighted by molar-refractivity contribution is 5.76. The number of likely N-dealkylation sites (tertiary alicyclic amines) is 1. The normalized spacial score (nSPS) is 25.5. The van der Waals surface area contributed by atoms with Gasteiger partial charge in [-0.25, -0.2) is 0 Å². The van der Waals surface area contributed by atoms with Gasteiger partial charge in [0.05, 0.1) is 6.61 Å². The Bertz CT molecular complexity index is 587. The second-order valence-corrected chi connectivity index (χ2v) is 6.39. The van der Waals surface area contributed by atoms with E-state index in [9.17, 15) is 9.59 Å². The molecule has 21 heavy (non-hydrogen) atoms. The van der Waals surface area contributed by atoms with Crippen molar-refractivity contribution in [3.05, 3.63) is 34.2 Å². The largest absolute Gasteiger partial charge is 0.381 e. The van der Waals surface area contributed by atoms with Crippen LogP contribution in [-0.2, 0) is 16.1 Å². The first kappa shape index (κ1) is 14.3. The van der Waals surface area contributed by atoms with Gasteiger partial charge >= 0.3 is 0 Å². The summed E-state index contributed by atoms with van der Waals surface area (Å²) in [4.78, 5) is 26.2. The summed E-state index contributed by atoms with van der Waals surface area (Å²) in [5.74, 6) is 0.0309. The fourth-order valence-corrected chi connectivity index (χ4v) is 3.36. The van der Waals surface area contributed by atoms with Crippen LogP contribution >= 0.6 is 0 Å². The molecule has 114 valence electrons. The van der Waals surface area contributed by atoms with Crippen molar-refractivity contribution in [3.8, 4) is 0 Å². The summed E-state index contributed by atoms with van der Waals surface area (Å²) >= 11 is 0. The van der Waals surface area contributed by atoms with Crippen molar-refractivity contribution in [3.63, 3.8) is 0 Å². The van der Waals surface area contributed by atoms with E-state index in [1.165, 1.54) is 4.57 Å². The summed E-state index contributed by atoms with van der Waals surface area (Å²) in [6.07, 6.45) is 4.94. The first-order valence-electron chi connectivity index (χ1n) is 7.61. The second kappa shape index (κ2) is 5.64. The standard InChI is InChI=1S/C16H22N2O3/c1-13-3-6-17(14(19)9-13)10-15(20)18-7-5-16(11-18)4-2-8-21-12-16/h3,6,9H,2,4-5,7-8,10-12H2,1H3. The SMILES string of the molecule is Cc1ccn(CC(=O)N2CCC3(CCCOC3)C2)c(=O)c1. The highest BCUT2D eigenvalue weighted by atomic mass is 16.5. The minimum absolute atomic E-state index is 0.0309. The quantitative estimate of drug-likeness (QED) is 0.822. The van der Waals surface area contributed by atoms with Crippen LogP contribution in [0.3, 0.4) is 0 Å². The molecular formula is C16H22N2O3. The van der Waals surface area contributed by atoms with Crippen LogP contribution in [0, 0.1) is 12.3 Å². The van der Waals surface area contributed by atoms with E-state index in [1.807, 2.05) is 17.9 Å². The molecule has 0 N–H and O–H groups in total. The monoisotopic (exact) mass is 290 g/mol. The van der Waals surface area contributed by atoms with Gasteiger partial charge in [-0.3, -0.25) is 9.59 Å². The Morgan fingerprint density at radius 2 is 2.29 bits per heavy atom. The topological polar surface area (TPSA) is 51.5 Å². The van der Waals surface area contributed by atoms with Gasteiger partial charge < -0.3 is 14.2 Å². The number of aromatic nitrogens is 1. The number of hydrogen-bond donors (Lipinski definition) is 0. The molecule has 2 aliphatic rings. The first-order valence-corrected chi connectivity index (χ1v) is 7.61. The number of hydrogen-bond acceptors (Lipinski definition) is 3. The molecule has 1 aromatic rings. The highest BCUT2D eigenvalue weighted by Gasteiger charge is 2.41. The molecular weight excluding hydrogens is 268 g/mol. The molecule has 0 saturated carbocycles. The Balaban J connectivity index is 1.65. The number of rotatable bonds is 2. The lowest BCUT2D eigenvalue weighted by molar-refractivity contribution is -0.131. The van der Waals surface area contributed by atoms with E-state index in [-0.39, 0.29) is 23.4 Å². The minimum atomic E-state index is -0.113. The average Bonchev–Trinajstić information content (AvgIpc) is 2.86. The van der Waals surface area contributed by atoms with Gasteiger partial charge in [0.1, 0.15) is 6.54 Å². The van der Waals surface area contributed by atoms with Gasteiger partial charge in [-0.15, -0.1) is 0 Å². The summed E-state index contributed by atoms with van der Waals surface area (Å²) in [6, 6.07) is 3.42. The Hall–Kier alpha value is -1.62. The van der Waals surface area contributed by atoms with Crippen molar-refractivity contribution in [2.75, 3.05) is 26.3 Å². The minimum Gasteiger partial charge on any atom is -0.381 e. The van der Waals surface area contributed by atoms with E-state index >= 15 is 0 Å². The Kier molecular flexibility index (Phi) is 3.85. The van der Waals surface area contributed by atoms with Gasteiger partial charge in [0.25, 0.3) is 5.56 Å². The molecule has 2 aliphatic heterocycles. The smallest absolute Gasteiger partial charge is 0.251 e. The molecule has 0 radical (unpaired) electrons. The van der Waals surface area contributed by atoms with Gasteiger partial charge in [-0.2, -0.15) is 0 Å². The van der Waals surface area contributed by atoms with Crippen LogP contribution in [0.4, 0.5) is 0 Å². The molecule has 5 heteroatoms. The fraction of sp³-hybridized carbons (Fsp3) is 0.625. The summed E-state index contributed by atoms with van der Waals surface area (Å²) < 4.78 is 7.08. The lowest BCUT2D eigenvalue weighted by Crippen LogP contribution is -2.39. The van der Waals surface area contributed by atoms with E-state index in [4.69, 9.17) is 4.74 Å². The van der Waals surface area contributed by atoms with Crippen LogP contribution in [0.15, 0.2) is 23.1 Å². The highest BCUT2D eigenvalue weighted by Crippen LogP contribution is 2.37. The number of nitrogens with zero attached hydrogens (tertiary/aromatic N) is 2. The van der Waals surface area contributed by atoms with Gasteiger partial charge in [-0.05, 0) is 37.8 Å². The maximum atomic E-state index is 12.4. The van der Waals surface area contributed by atoms with Gasteiger partial charge in [-0.1, -0.05) is 0 Å². The number of pyridine rings is 1. The molecule has 0 aromatic carbocycles. The van der Waals surface area contributed by atoms with Crippen molar-refractivity contribution in [1.82, 2.24) is 9.47 Å². The van der Waals surface area contributed by atoms with Crippen LogP contribution in [0.2, 0.25) is 0 Å². The molecule has 0 bridgehead atoms. The second-order valence-electron chi connectivity index (χ2n) is 6.39. The van der Waals surface area contributed by atoms with E-state index in [1.54, 1.807) is 12.3 Å². The maximum Gasteiger partial charge on any atom is 0.251 e. The molecule has 1 amide bonds. The number of carbonyl (C=O) groups is 1. The van der Waals surface area contributed by atoms with Crippen LogP contribution < -0.4 is 5.56 Å². The molecule has 1 atom stereocenters. The van der Waals surface area contributed by atoms with E-state index < -0.39 is 0 Å². The molecule has 5 nitrogen and oxygen atoms in total. The maximum absolute atomic E-state index is 12.4. The van der Waals surface area contributed by atoms with Gasteiger partial charge in [0.15, 0.2) is 0 Å². The van der Waals surface area contributed by atoms with Gasteiger partial charge in [0, 0.05) is 37.4 Å². The molecule has 1 aromatic heterocycles. The van der Waals surface area contributed by atoms with Crippen molar-refractivity contribution < 1.29 is 9.53 Å². The third-order valence-electron chi connectivity index (χ3n) is 4.65. The summed E-state index contributed by atoms with van der Waals surface area (Å²) in [5, 5.41) is 0. The van der Waals surface area contributed by atoms with Crippen LogP contribution in [0.1, 0.15) is 24.8 Å². The van der Waals surface area contributed by atoms with Crippen LogP contribution in [0.25, 0.3) is 0 Å². The molecule has 1 unspecified atom stereocenters. The predicted molar refractivity (Wildman–Crippen MR) is 79.1 cm³/mol. The number of amides is 1. The van der Waals surface area contributed by atoms with E-state index in [0.717, 1.165) is 51.1 Å². The molecule has 2 fully saturated rings.